The second-order valence-electron chi connectivity index (χ2n) is 5.63. The van der Waals surface area contributed by atoms with E-state index in [0.717, 1.165) is 25.1 Å². The van der Waals surface area contributed by atoms with Gasteiger partial charge in [-0.1, -0.05) is 11.6 Å². The lowest BCUT2D eigenvalue weighted by atomic mass is 10.1. The highest BCUT2D eigenvalue weighted by atomic mass is 35.5. The first-order valence-corrected chi connectivity index (χ1v) is 8.74. The maximum Gasteiger partial charge on any atom is 0.264 e. The van der Waals surface area contributed by atoms with E-state index in [2.05, 4.69) is 9.97 Å². The quantitative estimate of drug-likeness (QED) is 0.849. The average Bonchev–Trinajstić information content (AvgIpc) is 2.92. The fourth-order valence-electron chi connectivity index (χ4n) is 2.72. The number of amides is 1. The Bertz CT molecular complexity index is 699. The number of carbonyl (C=O) groups excluding carboxylic acids is 1. The van der Waals surface area contributed by atoms with Crippen LogP contribution in [0.2, 0.25) is 4.34 Å². The highest BCUT2D eigenvalue weighted by molar-refractivity contribution is 7.17. The van der Waals surface area contributed by atoms with E-state index < -0.39 is 0 Å². The SMILES string of the molecule is Cc1cc(OC2CCCN(C(=O)c3ccc(Cl)s3)C2)nc(C)n1. The van der Waals surface area contributed by atoms with Gasteiger partial charge in [0.2, 0.25) is 5.88 Å². The summed E-state index contributed by atoms with van der Waals surface area (Å²) in [4.78, 5) is 23.6. The summed E-state index contributed by atoms with van der Waals surface area (Å²) >= 11 is 7.23. The van der Waals surface area contributed by atoms with Crippen LogP contribution < -0.4 is 4.74 Å². The van der Waals surface area contributed by atoms with Crippen LogP contribution >= 0.6 is 22.9 Å². The van der Waals surface area contributed by atoms with Gasteiger partial charge in [0.1, 0.15) is 11.9 Å². The molecule has 0 radical (unpaired) electrons. The molecule has 1 fully saturated rings. The van der Waals surface area contributed by atoms with Crippen LogP contribution in [0.3, 0.4) is 0 Å². The van der Waals surface area contributed by atoms with E-state index in [0.29, 0.717) is 27.5 Å². The molecule has 1 saturated heterocycles. The van der Waals surface area contributed by atoms with Crippen molar-refractivity contribution in [3.63, 3.8) is 0 Å². The molecule has 0 spiro atoms. The van der Waals surface area contributed by atoms with Crippen molar-refractivity contribution in [1.82, 2.24) is 14.9 Å². The van der Waals surface area contributed by atoms with Gasteiger partial charge < -0.3 is 9.64 Å². The van der Waals surface area contributed by atoms with Crippen molar-refractivity contribution in [2.75, 3.05) is 13.1 Å². The van der Waals surface area contributed by atoms with Crippen LogP contribution in [-0.4, -0.2) is 40.0 Å². The molecule has 3 heterocycles. The van der Waals surface area contributed by atoms with E-state index in [4.69, 9.17) is 16.3 Å². The second-order valence-corrected chi connectivity index (χ2v) is 7.35. The second kappa shape index (κ2) is 6.84. The van der Waals surface area contributed by atoms with E-state index >= 15 is 0 Å². The molecule has 23 heavy (non-hydrogen) atoms. The minimum absolute atomic E-state index is 0.0187. The molecule has 1 aliphatic rings. The van der Waals surface area contributed by atoms with Crippen LogP contribution in [-0.2, 0) is 0 Å². The lowest BCUT2D eigenvalue weighted by Gasteiger charge is -2.32. The molecule has 1 atom stereocenters. The highest BCUT2D eigenvalue weighted by Gasteiger charge is 2.26. The lowest BCUT2D eigenvalue weighted by Crippen LogP contribution is -2.44. The van der Waals surface area contributed by atoms with E-state index in [1.54, 1.807) is 12.1 Å². The number of thiophene rings is 1. The number of halogens is 1. The minimum atomic E-state index is -0.0446. The third-order valence-electron chi connectivity index (χ3n) is 3.68. The van der Waals surface area contributed by atoms with Crippen LogP contribution in [0.5, 0.6) is 5.88 Å². The summed E-state index contributed by atoms with van der Waals surface area (Å²) in [5.41, 5.74) is 0.879. The molecule has 7 heteroatoms. The Morgan fingerprint density at radius 3 is 2.91 bits per heavy atom. The Labute approximate surface area is 144 Å². The average molecular weight is 352 g/mol. The topological polar surface area (TPSA) is 55.3 Å². The molecule has 3 rings (SSSR count). The van der Waals surface area contributed by atoms with Crippen LogP contribution in [0, 0.1) is 13.8 Å². The molecule has 1 aliphatic heterocycles. The third-order valence-corrected chi connectivity index (χ3v) is 4.90. The number of likely N-dealkylation sites (tertiary alicyclic amines) is 1. The van der Waals surface area contributed by atoms with Gasteiger partial charge in [0.15, 0.2) is 0 Å². The Morgan fingerprint density at radius 2 is 2.22 bits per heavy atom. The van der Waals surface area contributed by atoms with Gasteiger partial charge in [-0.05, 0) is 38.8 Å². The number of aryl methyl sites for hydroxylation is 2. The van der Waals surface area contributed by atoms with Crippen molar-refractivity contribution in [2.45, 2.75) is 32.8 Å². The summed E-state index contributed by atoms with van der Waals surface area (Å²) in [5, 5.41) is 0. The summed E-state index contributed by atoms with van der Waals surface area (Å²) in [5.74, 6) is 1.29. The lowest BCUT2D eigenvalue weighted by molar-refractivity contribution is 0.0531. The van der Waals surface area contributed by atoms with E-state index in [-0.39, 0.29) is 12.0 Å². The Hall–Kier alpha value is -1.66. The van der Waals surface area contributed by atoms with Crippen molar-refractivity contribution < 1.29 is 9.53 Å². The van der Waals surface area contributed by atoms with Crippen LogP contribution in [0.25, 0.3) is 0 Å². The zero-order valence-electron chi connectivity index (χ0n) is 13.1. The van der Waals surface area contributed by atoms with Gasteiger partial charge in [-0.25, -0.2) is 4.98 Å². The van der Waals surface area contributed by atoms with Crippen LogP contribution in [0.4, 0.5) is 0 Å². The number of piperidine rings is 1. The number of hydrogen-bond acceptors (Lipinski definition) is 5. The molecular formula is C16H18ClN3O2S. The third kappa shape index (κ3) is 4.00. The first-order chi connectivity index (χ1) is 11.0. The van der Waals surface area contributed by atoms with Crippen molar-refractivity contribution >= 4 is 28.8 Å². The van der Waals surface area contributed by atoms with Crippen molar-refractivity contribution in [1.29, 1.82) is 0 Å². The molecule has 1 amide bonds. The van der Waals surface area contributed by atoms with Crippen LogP contribution in [0.15, 0.2) is 18.2 Å². The molecule has 0 bridgehead atoms. The van der Waals surface area contributed by atoms with Gasteiger partial charge in [0.05, 0.1) is 15.8 Å². The van der Waals surface area contributed by atoms with E-state index in [1.807, 2.05) is 24.8 Å². The summed E-state index contributed by atoms with van der Waals surface area (Å²) in [6.07, 6.45) is 1.78. The molecule has 0 saturated carbocycles. The maximum absolute atomic E-state index is 12.5. The number of nitrogens with zero attached hydrogens (tertiary/aromatic N) is 3. The van der Waals surface area contributed by atoms with E-state index in [9.17, 15) is 4.79 Å². The summed E-state index contributed by atoms with van der Waals surface area (Å²) < 4.78 is 6.60. The normalized spacial score (nSPS) is 18.0. The smallest absolute Gasteiger partial charge is 0.264 e. The fraction of sp³-hybridized carbons (Fsp3) is 0.438. The van der Waals surface area contributed by atoms with Gasteiger partial charge in [0.25, 0.3) is 5.91 Å². The standard InChI is InChI=1S/C16H18ClN3O2S/c1-10-8-15(19-11(2)18-10)22-12-4-3-7-20(9-12)16(21)13-5-6-14(17)23-13/h5-6,8,12H,3-4,7,9H2,1-2H3. The van der Waals surface area contributed by atoms with Crippen molar-refractivity contribution in [3.8, 4) is 5.88 Å². The van der Waals surface area contributed by atoms with Crippen LogP contribution in [0.1, 0.15) is 34.0 Å². The number of carbonyl (C=O) groups is 1. The Balaban J connectivity index is 1.67. The fourth-order valence-corrected chi connectivity index (χ4v) is 3.73. The van der Waals surface area contributed by atoms with Gasteiger partial charge in [-0.2, -0.15) is 4.98 Å². The number of hydrogen-bond donors (Lipinski definition) is 0. The molecule has 122 valence electrons. The molecule has 0 aliphatic carbocycles. The van der Waals surface area contributed by atoms with Gasteiger partial charge in [-0.15, -0.1) is 11.3 Å². The zero-order valence-corrected chi connectivity index (χ0v) is 14.7. The summed E-state index contributed by atoms with van der Waals surface area (Å²) in [6.45, 7) is 5.07. The first kappa shape index (κ1) is 16.2. The van der Waals surface area contributed by atoms with Gasteiger partial charge in [-0.3, -0.25) is 4.79 Å². The molecule has 1 unspecified atom stereocenters. The number of aromatic nitrogens is 2. The number of rotatable bonds is 3. The monoisotopic (exact) mass is 351 g/mol. The molecule has 2 aromatic rings. The van der Waals surface area contributed by atoms with E-state index in [1.165, 1.54) is 11.3 Å². The number of ether oxygens (including phenoxy) is 1. The molecule has 5 nitrogen and oxygen atoms in total. The maximum atomic E-state index is 12.5. The highest BCUT2D eigenvalue weighted by Crippen LogP contribution is 2.25. The Kier molecular flexibility index (Phi) is 4.82. The minimum Gasteiger partial charge on any atom is -0.472 e. The molecule has 2 aromatic heterocycles. The molecule has 0 aromatic carbocycles. The molecule has 0 N–H and O–H groups in total. The summed E-state index contributed by atoms with van der Waals surface area (Å²) in [6, 6.07) is 5.35. The van der Waals surface area contributed by atoms with Crippen molar-refractivity contribution in [2.24, 2.45) is 0 Å². The first-order valence-electron chi connectivity index (χ1n) is 7.55. The predicted molar refractivity (Wildman–Crippen MR) is 90.4 cm³/mol. The Morgan fingerprint density at radius 1 is 1.39 bits per heavy atom. The largest absolute Gasteiger partial charge is 0.472 e. The van der Waals surface area contributed by atoms with Gasteiger partial charge in [0, 0.05) is 18.3 Å². The zero-order chi connectivity index (χ0) is 16.4. The summed E-state index contributed by atoms with van der Waals surface area (Å²) in [7, 11) is 0. The van der Waals surface area contributed by atoms with Crippen molar-refractivity contribution in [3.05, 3.63) is 38.9 Å². The van der Waals surface area contributed by atoms with Gasteiger partial charge >= 0.3 is 0 Å². The predicted octanol–water partition coefficient (Wildman–Crippen LogP) is 3.49. The molecular weight excluding hydrogens is 334 g/mol.